The zero-order valence-corrected chi connectivity index (χ0v) is 9.57. The van der Waals surface area contributed by atoms with Crippen LogP contribution in [0.15, 0.2) is 18.5 Å². The lowest BCUT2D eigenvalue weighted by molar-refractivity contribution is 0.112. The number of rotatable bonds is 2. The van der Waals surface area contributed by atoms with Crippen molar-refractivity contribution < 1.29 is 9.18 Å². The van der Waals surface area contributed by atoms with Crippen LogP contribution in [0, 0.1) is 12.7 Å². The van der Waals surface area contributed by atoms with Gasteiger partial charge in [-0.25, -0.2) is 14.4 Å². The molecule has 0 radical (unpaired) electrons. The van der Waals surface area contributed by atoms with Gasteiger partial charge in [0.05, 0.1) is 17.5 Å². The van der Waals surface area contributed by atoms with Crippen molar-refractivity contribution in [1.82, 2.24) is 15.0 Å². The molecule has 4 nitrogen and oxygen atoms in total. The number of aryl methyl sites for hydroxylation is 1. The average Bonchev–Trinajstić information content (AvgIpc) is 2.28. The van der Waals surface area contributed by atoms with E-state index in [1.54, 1.807) is 6.92 Å². The van der Waals surface area contributed by atoms with Crippen molar-refractivity contribution in [2.45, 2.75) is 6.92 Å². The number of hydrogen-bond acceptors (Lipinski definition) is 4. The molecule has 0 bridgehead atoms. The van der Waals surface area contributed by atoms with Gasteiger partial charge < -0.3 is 0 Å². The van der Waals surface area contributed by atoms with Gasteiger partial charge >= 0.3 is 0 Å². The Morgan fingerprint density at radius 1 is 1.35 bits per heavy atom. The minimum atomic E-state index is -0.508. The molecule has 0 spiro atoms. The topological polar surface area (TPSA) is 55.7 Å². The highest BCUT2D eigenvalue weighted by Crippen LogP contribution is 2.24. The first kappa shape index (κ1) is 11.6. The van der Waals surface area contributed by atoms with Gasteiger partial charge in [0.25, 0.3) is 0 Å². The van der Waals surface area contributed by atoms with Crippen LogP contribution in [0.1, 0.15) is 16.2 Å². The van der Waals surface area contributed by atoms with E-state index < -0.39 is 5.82 Å². The minimum absolute atomic E-state index is 0.0479. The molecule has 2 aromatic heterocycles. The Morgan fingerprint density at radius 2 is 2.12 bits per heavy atom. The first-order valence-electron chi connectivity index (χ1n) is 4.72. The van der Waals surface area contributed by atoms with Crippen LogP contribution in [0.25, 0.3) is 11.3 Å². The Morgan fingerprint density at radius 3 is 2.76 bits per heavy atom. The van der Waals surface area contributed by atoms with E-state index in [1.165, 1.54) is 12.3 Å². The van der Waals surface area contributed by atoms with Crippen LogP contribution >= 0.6 is 11.6 Å². The third-order valence-electron chi connectivity index (χ3n) is 2.11. The summed E-state index contributed by atoms with van der Waals surface area (Å²) in [7, 11) is 0. The zero-order chi connectivity index (χ0) is 12.4. The molecule has 0 aliphatic rings. The average molecular weight is 252 g/mol. The largest absolute Gasteiger partial charge is 0.298 e. The molecule has 86 valence electrons. The van der Waals surface area contributed by atoms with Crippen molar-refractivity contribution >= 4 is 17.9 Å². The van der Waals surface area contributed by atoms with Crippen LogP contribution in [0.5, 0.6) is 0 Å². The third-order valence-corrected chi connectivity index (χ3v) is 2.40. The predicted octanol–water partition coefficient (Wildman–Crippen LogP) is 2.45. The van der Waals surface area contributed by atoms with Gasteiger partial charge in [0.2, 0.25) is 0 Å². The molecule has 0 unspecified atom stereocenters. The molecular weight excluding hydrogens is 245 g/mol. The molecular formula is C11H7ClFN3O. The van der Waals surface area contributed by atoms with Crippen LogP contribution in [0.3, 0.4) is 0 Å². The number of aromatic nitrogens is 3. The first-order valence-corrected chi connectivity index (χ1v) is 5.10. The maximum Gasteiger partial charge on any atom is 0.155 e. The molecule has 0 aliphatic heterocycles. The molecule has 2 heterocycles. The van der Waals surface area contributed by atoms with Gasteiger partial charge in [-0.05, 0) is 13.0 Å². The van der Waals surface area contributed by atoms with Gasteiger partial charge in [-0.3, -0.25) is 9.78 Å². The molecule has 17 heavy (non-hydrogen) atoms. The highest BCUT2D eigenvalue weighted by molar-refractivity contribution is 6.32. The second-order valence-electron chi connectivity index (χ2n) is 3.33. The quantitative estimate of drug-likeness (QED) is 0.608. The minimum Gasteiger partial charge on any atom is -0.298 e. The summed E-state index contributed by atoms with van der Waals surface area (Å²) in [6.07, 6.45) is 3.02. The second kappa shape index (κ2) is 4.55. The summed E-state index contributed by atoms with van der Waals surface area (Å²) in [5.74, 6) is -0.105. The molecule has 0 fully saturated rings. The first-order chi connectivity index (χ1) is 8.11. The van der Waals surface area contributed by atoms with E-state index in [-0.39, 0.29) is 16.4 Å². The Bertz CT molecular complexity index is 589. The molecule has 0 aromatic carbocycles. The van der Waals surface area contributed by atoms with Crippen molar-refractivity contribution in [3.63, 3.8) is 0 Å². The van der Waals surface area contributed by atoms with E-state index in [0.29, 0.717) is 17.7 Å². The van der Waals surface area contributed by atoms with Crippen LogP contribution in [-0.4, -0.2) is 21.2 Å². The molecule has 2 rings (SSSR count). The normalized spacial score (nSPS) is 10.3. The number of halogens is 2. The fourth-order valence-electron chi connectivity index (χ4n) is 1.41. The lowest BCUT2D eigenvalue weighted by Crippen LogP contribution is -2.00. The summed E-state index contributed by atoms with van der Waals surface area (Å²) < 4.78 is 13.1. The van der Waals surface area contributed by atoms with E-state index in [0.717, 1.165) is 6.20 Å². The van der Waals surface area contributed by atoms with Crippen molar-refractivity contribution in [2.75, 3.05) is 0 Å². The van der Waals surface area contributed by atoms with Crippen LogP contribution in [-0.2, 0) is 0 Å². The summed E-state index contributed by atoms with van der Waals surface area (Å²) in [6, 6.07) is 1.23. The van der Waals surface area contributed by atoms with Gasteiger partial charge in [-0.2, -0.15) is 0 Å². The van der Waals surface area contributed by atoms with Crippen LogP contribution in [0.4, 0.5) is 4.39 Å². The summed E-state index contributed by atoms with van der Waals surface area (Å²) in [5.41, 5.74) is 0.800. The smallest absolute Gasteiger partial charge is 0.155 e. The molecule has 2 aromatic rings. The highest BCUT2D eigenvalue weighted by Gasteiger charge is 2.13. The number of hydrogen-bond donors (Lipinski definition) is 0. The zero-order valence-electron chi connectivity index (χ0n) is 8.82. The third kappa shape index (κ3) is 2.29. The Balaban J connectivity index is 2.70. The SMILES string of the molecule is Cc1nc(Cl)c(C=O)c(-c2cncc(F)c2)n1. The Hall–Kier alpha value is -1.88. The van der Waals surface area contributed by atoms with E-state index in [9.17, 15) is 9.18 Å². The molecule has 0 amide bonds. The number of pyridine rings is 1. The number of carbonyl (C=O) groups excluding carboxylic acids is 1. The van der Waals surface area contributed by atoms with Crippen molar-refractivity contribution in [1.29, 1.82) is 0 Å². The molecule has 0 saturated heterocycles. The summed E-state index contributed by atoms with van der Waals surface area (Å²) >= 11 is 5.83. The van der Waals surface area contributed by atoms with Crippen molar-refractivity contribution in [3.8, 4) is 11.3 Å². The van der Waals surface area contributed by atoms with E-state index in [4.69, 9.17) is 11.6 Å². The second-order valence-corrected chi connectivity index (χ2v) is 3.69. The van der Waals surface area contributed by atoms with Crippen LogP contribution in [0.2, 0.25) is 5.15 Å². The number of nitrogens with zero attached hydrogens (tertiary/aromatic N) is 3. The Labute approximate surface area is 102 Å². The summed E-state index contributed by atoms with van der Waals surface area (Å²) in [6.45, 7) is 1.64. The molecule has 0 N–H and O–H groups in total. The van der Waals surface area contributed by atoms with Gasteiger partial charge in [0, 0.05) is 11.8 Å². The maximum atomic E-state index is 13.1. The predicted molar refractivity (Wildman–Crippen MR) is 60.4 cm³/mol. The van der Waals surface area contributed by atoms with Gasteiger partial charge in [0.15, 0.2) is 6.29 Å². The number of carbonyl (C=O) groups is 1. The van der Waals surface area contributed by atoms with Gasteiger partial charge in [-0.15, -0.1) is 0 Å². The number of aldehydes is 1. The lowest BCUT2D eigenvalue weighted by Gasteiger charge is -2.06. The van der Waals surface area contributed by atoms with E-state index >= 15 is 0 Å². The van der Waals surface area contributed by atoms with Gasteiger partial charge in [0.1, 0.15) is 16.8 Å². The van der Waals surface area contributed by atoms with Crippen LogP contribution < -0.4 is 0 Å². The Kier molecular flexibility index (Phi) is 3.10. The molecule has 0 saturated carbocycles. The molecule has 0 atom stereocenters. The lowest BCUT2D eigenvalue weighted by atomic mass is 10.1. The van der Waals surface area contributed by atoms with E-state index in [1.807, 2.05) is 0 Å². The maximum absolute atomic E-state index is 13.1. The van der Waals surface area contributed by atoms with E-state index in [2.05, 4.69) is 15.0 Å². The monoisotopic (exact) mass is 251 g/mol. The summed E-state index contributed by atoms with van der Waals surface area (Å²) in [5, 5.41) is 0.0479. The molecule has 0 aliphatic carbocycles. The van der Waals surface area contributed by atoms with Crippen molar-refractivity contribution in [2.24, 2.45) is 0 Å². The molecule has 6 heteroatoms. The van der Waals surface area contributed by atoms with Gasteiger partial charge in [-0.1, -0.05) is 11.6 Å². The fraction of sp³-hybridized carbons (Fsp3) is 0.0909. The van der Waals surface area contributed by atoms with Crippen molar-refractivity contribution in [3.05, 3.63) is 40.8 Å². The highest BCUT2D eigenvalue weighted by atomic mass is 35.5. The fourth-order valence-corrected chi connectivity index (χ4v) is 1.67. The standard InChI is InChI=1S/C11H7ClFN3O/c1-6-15-10(9(5-17)11(12)16-6)7-2-8(13)4-14-3-7/h2-5H,1H3. The summed E-state index contributed by atoms with van der Waals surface area (Å²) in [4.78, 5) is 22.6.